The van der Waals surface area contributed by atoms with Gasteiger partial charge < -0.3 is 5.32 Å². The van der Waals surface area contributed by atoms with Crippen LogP contribution in [0.5, 0.6) is 0 Å². The SMILES string of the molecule is O=C1C[C@H]([C@H]2CC2(F)F)c2ccccc2N1. The summed E-state index contributed by atoms with van der Waals surface area (Å²) in [7, 11) is 0. The predicted molar refractivity (Wildman–Crippen MR) is 55.5 cm³/mol. The zero-order chi connectivity index (χ0) is 11.3. The minimum atomic E-state index is -2.57. The molecule has 0 spiro atoms. The molecule has 0 radical (unpaired) electrons. The summed E-state index contributed by atoms with van der Waals surface area (Å²) in [5, 5.41) is 2.72. The van der Waals surface area contributed by atoms with E-state index in [9.17, 15) is 13.6 Å². The smallest absolute Gasteiger partial charge is 0.252 e. The highest BCUT2D eigenvalue weighted by Gasteiger charge is 2.61. The molecule has 0 saturated heterocycles. The molecule has 2 atom stereocenters. The van der Waals surface area contributed by atoms with E-state index < -0.39 is 11.8 Å². The molecule has 84 valence electrons. The Hall–Kier alpha value is -1.45. The van der Waals surface area contributed by atoms with E-state index in [0.717, 1.165) is 5.56 Å². The van der Waals surface area contributed by atoms with Crippen LogP contribution in [0.25, 0.3) is 0 Å². The Morgan fingerprint density at radius 2 is 2.00 bits per heavy atom. The lowest BCUT2D eigenvalue weighted by atomic mass is 9.86. The fraction of sp³-hybridized carbons (Fsp3) is 0.417. The van der Waals surface area contributed by atoms with E-state index in [2.05, 4.69) is 5.32 Å². The van der Waals surface area contributed by atoms with Crippen LogP contribution in [0.4, 0.5) is 14.5 Å². The highest BCUT2D eigenvalue weighted by molar-refractivity contribution is 5.94. The van der Waals surface area contributed by atoms with Gasteiger partial charge in [-0.1, -0.05) is 18.2 Å². The van der Waals surface area contributed by atoms with Crippen LogP contribution in [0.15, 0.2) is 24.3 Å². The summed E-state index contributed by atoms with van der Waals surface area (Å²) in [5.74, 6) is -3.71. The average Bonchev–Trinajstić information content (AvgIpc) is 2.86. The molecular formula is C12H11F2NO. The second-order valence-corrected chi connectivity index (χ2v) is 4.52. The molecule has 16 heavy (non-hydrogen) atoms. The summed E-state index contributed by atoms with van der Waals surface area (Å²) < 4.78 is 26.1. The normalized spacial score (nSPS) is 30.5. The fourth-order valence-corrected chi connectivity index (χ4v) is 2.47. The van der Waals surface area contributed by atoms with Gasteiger partial charge in [0.2, 0.25) is 5.91 Å². The molecule has 1 saturated carbocycles. The maximum Gasteiger partial charge on any atom is 0.252 e. The Morgan fingerprint density at radius 1 is 1.31 bits per heavy atom. The van der Waals surface area contributed by atoms with Crippen LogP contribution in [-0.4, -0.2) is 11.8 Å². The number of fused-ring (bicyclic) bond motifs is 1. The Balaban J connectivity index is 1.98. The lowest BCUT2D eigenvalue weighted by Crippen LogP contribution is -2.25. The molecule has 0 aromatic heterocycles. The predicted octanol–water partition coefficient (Wildman–Crippen LogP) is 2.77. The van der Waals surface area contributed by atoms with Gasteiger partial charge in [0.05, 0.1) is 0 Å². The Bertz CT molecular complexity index is 458. The number of anilines is 1. The number of alkyl halides is 2. The molecule has 1 heterocycles. The number of hydrogen-bond acceptors (Lipinski definition) is 1. The second-order valence-electron chi connectivity index (χ2n) is 4.52. The number of halogens is 2. The fourth-order valence-electron chi connectivity index (χ4n) is 2.47. The number of rotatable bonds is 1. The van der Waals surface area contributed by atoms with Gasteiger partial charge in [-0.15, -0.1) is 0 Å². The van der Waals surface area contributed by atoms with Crippen molar-refractivity contribution in [1.82, 2.24) is 0 Å². The van der Waals surface area contributed by atoms with E-state index >= 15 is 0 Å². The van der Waals surface area contributed by atoms with Crippen molar-refractivity contribution in [2.24, 2.45) is 5.92 Å². The number of para-hydroxylation sites is 1. The summed E-state index contributed by atoms with van der Waals surface area (Å²) in [4.78, 5) is 11.4. The lowest BCUT2D eigenvalue weighted by Gasteiger charge is -2.25. The van der Waals surface area contributed by atoms with E-state index in [1.54, 1.807) is 12.1 Å². The minimum Gasteiger partial charge on any atom is -0.326 e. The number of carbonyl (C=O) groups excluding carboxylic acids is 1. The quantitative estimate of drug-likeness (QED) is 0.779. The van der Waals surface area contributed by atoms with E-state index in [0.29, 0.717) is 5.69 Å². The number of nitrogens with one attached hydrogen (secondary N) is 1. The van der Waals surface area contributed by atoms with Crippen molar-refractivity contribution >= 4 is 11.6 Å². The Kier molecular flexibility index (Phi) is 1.85. The van der Waals surface area contributed by atoms with Gasteiger partial charge >= 0.3 is 0 Å². The monoisotopic (exact) mass is 223 g/mol. The number of carbonyl (C=O) groups is 1. The zero-order valence-corrected chi connectivity index (χ0v) is 8.54. The Morgan fingerprint density at radius 3 is 2.69 bits per heavy atom. The first-order valence-corrected chi connectivity index (χ1v) is 5.34. The van der Waals surface area contributed by atoms with Crippen molar-refractivity contribution in [2.45, 2.75) is 24.7 Å². The Labute approximate surface area is 91.7 Å². The molecule has 0 bridgehead atoms. The van der Waals surface area contributed by atoms with Gasteiger partial charge in [-0.3, -0.25) is 4.79 Å². The summed E-state index contributed by atoms with van der Waals surface area (Å²) in [6, 6.07) is 7.21. The maximum atomic E-state index is 13.1. The molecular weight excluding hydrogens is 212 g/mol. The van der Waals surface area contributed by atoms with Crippen LogP contribution in [0.3, 0.4) is 0 Å². The topological polar surface area (TPSA) is 29.1 Å². The molecule has 4 heteroatoms. The number of benzene rings is 1. The third-order valence-electron chi connectivity index (χ3n) is 3.40. The van der Waals surface area contributed by atoms with E-state index in [1.165, 1.54) is 0 Å². The standard InChI is InChI=1S/C12H11F2NO/c13-12(14)6-9(12)8-5-11(16)15-10-4-2-1-3-7(8)10/h1-4,8-9H,5-6H2,(H,15,16)/t8-,9+/m0/s1. The van der Waals surface area contributed by atoms with Crippen molar-refractivity contribution in [3.05, 3.63) is 29.8 Å². The molecule has 1 aliphatic carbocycles. The van der Waals surface area contributed by atoms with Crippen molar-refractivity contribution in [1.29, 1.82) is 0 Å². The van der Waals surface area contributed by atoms with E-state index in [1.807, 2.05) is 12.1 Å². The molecule has 1 fully saturated rings. The second kappa shape index (κ2) is 3.03. The lowest BCUT2D eigenvalue weighted by molar-refractivity contribution is -0.117. The summed E-state index contributed by atoms with van der Waals surface area (Å²) in [5.41, 5.74) is 1.54. The van der Waals surface area contributed by atoms with Crippen molar-refractivity contribution in [2.75, 3.05) is 5.32 Å². The van der Waals surface area contributed by atoms with Gasteiger partial charge in [-0.2, -0.15) is 0 Å². The third kappa shape index (κ3) is 1.40. The van der Waals surface area contributed by atoms with E-state index in [-0.39, 0.29) is 24.7 Å². The highest BCUT2D eigenvalue weighted by atomic mass is 19.3. The first kappa shape index (κ1) is 9.75. The maximum absolute atomic E-state index is 13.1. The van der Waals surface area contributed by atoms with Crippen LogP contribution < -0.4 is 5.32 Å². The van der Waals surface area contributed by atoms with Crippen LogP contribution in [-0.2, 0) is 4.79 Å². The molecule has 3 rings (SSSR count). The van der Waals surface area contributed by atoms with Crippen LogP contribution >= 0.6 is 0 Å². The molecule has 0 unspecified atom stereocenters. The van der Waals surface area contributed by atoms with Gasteiger partial charge in [-0.05, 0) is 11.6 Å². The van der Waals surface area contributed by atoms with E-state index in [4.69, 9.17) is 0 Å². The molecule has 1 aromatic carbocycles. The zero-order valence-electron chi connectivity index (χ0n) is 8.54. The average molecular weight is 223 g/mol. The highest BCUT2D eigenvalue weighted by Crippen LogP contribution is 2.58. The van der Waals surface area contributed by atoms with Crippen LogP contribution in [0.1, 0.15) is 24.3 Å². The molecule has 1 amide bonds. The van der Waals surface area contributed by atoms with Gasteiger partial charge in [0.15, 0.2) is 0 Å². The largest absolute Gasteiger partial charge is 0.326 e. The summed E-state index contributed by atoms with van der Waals surface area (Å²) >= 11 is 0. The molecule has 2 nitrogen and oxygen atoms in total. The third-order valence-corrected chi connectivity index (χ3v) is 3.40. The number of hydrogen-bond donors (Lipinski definition) is 1. The van der Waals surface area contributed by atoms with Gasteiger partial charge in [0.25, 0.3) is 5.92 Å². The summed E-state index contributed by atoms with van der Waals surface area (Å²) in [6.45, 7) is 0. The summed E-state index contributed by atoms with van der Waals surface area (Å²) in [6.07, 6.45) is 0.0938. The molecule has 1 N–H and O–H groups in total. The molecule has 1 aliphatic heterocycles. The minimum absolute atomic E-state index is 0.0840. The molecule has 1 aromatic rings. The van der Waals surface area contributed by atoms with Crippen molar-refractivity contribution in [3.8, 4) is 0 Å². The first-order chi connectivity index (χ1) is 7.58. The molecule has 2 aliphatic rings. The number of amides is 1. The van der Waals surface area contributed by atoms with Gasteiger partial charge in [0, 0.05) is 30.4 Å². The van der Waals surface area contributed by atoms with Gasteiger partial charge in [0.1, 0.15) is 0 Å². The van der Waals surface area contributed by atoms with Crippen LogP contribution in [0, 0.1) is 5.92 Å². The first-order valence-electron chi connectivity index (χ1n) is 5.34. The van der Waals surface area contributed by atoms with Crippen LogP contribution in [0.2, 0.25) is 0 Å². The van der Waals surface area contributed by atoms with Gasteiger partial charge in [-0.25, -0.2) is 8.78 Å². The van der Waals surface area contributed by atoms with Crippen molar-refractivity contribution in [3.63, 3.8) is 0 Å². The van der Waals surface area contributed by atoms with Crippen molar-refractivity contribution < 1.29 is 13.6 Å².